The fourth-order valence-corrected chi connectivity index (χ4v) is 3.20. The first-order valence-electron chi connectivity index (χ1n) is 7.61. The lowest BCUT2D eigenvalue weighted by molar-refractivity contribution is -0.137. The van der Waals surface area contributed by atoms with Gasteiger partial charge in [0.05, 0.1) is 0 Å². The Morgan fingerprint density at radius 1 is 1.25 bits per heavy atom. The minimum absolute atomic E-state index is 0.115. The Kier molecular flexibility index (Phi) is 5.23. The molecule has 2 saturated heterocycles. The van der Waals surface area contributed by atoms with Crippen LogP contribution >= 0.6 is 0 Å². The summed E-state index contributed by atoms with van der Waals surface area (Å²) in [5, 5.41) is 8.91. The zero-order valence-electron chi connectivity index (χ0n) is 12.3. The molecule has 0 aromatic heterocycles. The number of carboxylic acids is 1. The van der Waals surface area contributed by atoms with E-state index in [0.717, 1.165) is 39.0 Å². The molecule has 6 nitrogen and oxygen atoms in total. The van der Waals surface area contributed by atoms with E-state index in [2.05, 4.69) is 4.90 Å². The quantitative estimate of drug-likeness (QED) is 0.820. The fourth-order valence-electron chi connectivity index (χ4n) is 3.20. The molecule has 2 rings (SSSR count). The first-order valence-corrected chi connectivity index (χ1v) is 7.61. The maximum absolute atomic E-state index is 12.4. The SMILES string of the molecule is CCCN(CC(=O)O)C(=O)N1CCC(N2CCCC2)C1. The molecule has 0 bridgehead atoms. The van der Waals surface area contributed by atoms with E-state index in [9.17, 15) is 9.59 Å². The highest BCUT2D eigenvalue weighted by Gasteiger charge is 2.33. The lowest BCUT2D eigenvalue weighted by atomic mass is 10.2. The number of hydrogen-bond donors (Lipinski definition) is 1. The highest BCUT2D eigenvalue weighted by molar-refractivity contribution is 5.80. The minimum atomic E-state index is -0.943. The van der Waals surface area contributed by atoms with Crippen molar-refractivity contribution in [3.63, 3.8) is 0 Å². The molecule has 1 unspecified atom stereocenters. The van der Waals surface area contributed by atoms with Crippen LogP contribution in [0.4, 0.5) is 4.79 Å². The van der Waals surface area contributed by atoms with E-state index in [4.69, 9.17) is 5.11 Å². The summed E-state index contributed by atoms with van der Waals surface area (Å²) in [6.45, 7) is 6.05. The first-order chi connectivity index (χ1) is 9.61. The number of carboxylic acid groups (broad SMARTS) is 1. The summed E-state index contributed by atoms with van der Waals surface area (Å²) in [5.41, 5.74) is 0. The van der Waals surface area contributed by atoms with Crippen LogP contribution in [0.5, 0.6) is 0 Å². The molecule has 1 atom stereocenters. The number of urea groups is 1. The summed E-state index contributed by atoms with van der Waals surface area (Å²) in [6, 6.07) is 0.353. The Morgan fingerprint density at radius 2 is 1.95 bits per heavy atom. The zero-order valence-corrected chi connectivity index (χ0v) is 12.3. The molecular formula is C14H25N3O3. The highest BCUT2D eigenvalue weighted by atomic mass is 16.4. The Bertz CT molecular complexity index is 356. The molecule has 6 heteroatoms. The van der Waals surface area contributed by atoms with Crippen LogP contribution in [0.3, 0.4) is 0 Å². The molecule has 1 N–H and O–H groups in total. The predicted molar refractivity (Wildman–Crippen MR) is 75.7 cm³/mol. The number of rotatable bonds is 5. The third-order valence-corrected chi connectivity index (χ3v) is 4.18. The number of likely N-dealkylation sites (tertiary alicyclic amines) is 2. The minimum Gasteiger partial charge on any atom is -0.480 e. The lowest BCUT2D eigenvalue weighted by Crippen LogP contribution is -2.46. The van der Waals surface area contributed by atoms with E-state index in [0.29, 0.717) is 12.6 Å². The molecule has 2 amide bonds. The smallest absolute Gasteiger partial charge is 0.323 e. The van der Waals surface area contributed by atoms with Crippen molar-refractivity contribution in [2.75, 3.05) is 39.3 Å². The molecule has 2 fully saturated rings. The van der Waals surface area contributed by atoms with E-state index in [-0.39, 0.29) is 12.6 Å². The number of aliphatic carboxylic acids is 1. The molecule has 0 aromatic carbocycles. The van der Waals surface area contributed by atoms with Gasteiger partial charge < -0.3 is 14.9 Å². The van der Waals surface area contributed by atoms with Crippen molar-refractivity contribution in [3.05, 3.63) is 0 Å². The third-order valence-electron chi connectivity index (χ3n) is 4.18. The van der Waals surface area contributed by atoms with Crippen molar-refractivity contribution in [3.8, 4) is 0 Å². The Morgan fingerprint density at radius 3 is 2.55 bits per heavy atom. The van der Waals surface area contributed by atoms with E-state index < -0.39 is 5.97 Å². The number of carbonyl (C=O) groups excluding carboxylic acids is 1. The molecule has 0 spiro atoms. The van der Waals surface area contributed by atoms with Crippen LogP contribution in [-0.4, -0.2) is 77.1 Å². The van der Waals surface area contributed by atoms with Crippen LogP contribution in [0, 0.1) is 0 Å². The van der Waals surface area contributed by atoms with Gasteiger partial charge in [-0.15, -0.1) is 0 Å². The monoisotopic (exact) mass is 283 g/mol. The predicted octanol–water partition coefficient (Wildman–Crippen LogP) is 1.07. The standard InChI is InChI=1S/C14H25N3O3/c1-2-6-16(11-13(18)19)14(20)17-9-5-12(10-17)15-7-3-4-8-15/h12H,2-11H2,1H3,(H,18,19). The Labute approximate surface area is 120 Å². The molecule has 2 heterocycles. The second-order valence-electron chi connectivity index (χ2n) is 5.73. The van der Waals surface area contributed by atoms with E-state index in [1.807, 2.05) is 11.8 Å². The van der Waals surface area contributed by atoms with Crippen LogP contribution in [-0.2, 0) is 4.79 Å². The normalized spacial score (nSPS) is 23.2. The van der Waals surface area contributed by atoms with Crippen LogP contribution in [0.2, 0.25) is 0 Å². The summed E-state index contributed by atoms with van der Waals surface area (Å²) in [5.74, 6) is -0.943. The molecule has 20 heavy (non-hydrogen) atoms. The molecule has 2 aliphatic heterocycles. The van der Waals surface area contributed by atoms with Crippen LogP contribution in [0.15, 0.2) is 0 Å². The topological polar surface area (TPSA) is 64.1 Å². The van der Waals surface area contributed by atoms with Crippen LogP contribution in [0.25, 0.3) is 0 Å². The van der Waals surface area contributed by atoms with Gasteiger partial charge in [0.15, 0.2) is 0 Å². The maximum atomic E-state index is 12.4. The number of hydrogen-bond acceptors (Lipinski definition) is 3. The number of amides is 2. The van der Waals surface area contributed by atoms with Gasteiger partial charge in [0.1, 0.15) is 6.54 Å². The number of nitrogens with zero attached hydrogens (tertiary/aromatic N) is 3. The summed E-state index contributed by atoms with van der Waals surface area (Å²) >= 11 is 0. The van der Waals surface area contributed by atoms with Gasteiger partial charge >= 0.3 is 12.0 Å². The molecule has 0 radical (unpaired) electrons. The Balaban J connectivity index is 1.89. The van der Waals surface area contributed by atoms with E-state index in [1.54, 1.807) is 0 Å². The van der Waals surface area contributed by atoms with Crippen molar-refractivity contribution >= 4 is 12.0 Å². The van der Waals surface area contributed by atoms with E-state index >= 15 is 0 Å². The van der Waals surface area contributed by atoms with Crippen molar-refractivity contribution < 1.29 is 14.7 Å². The number of carbonyl (C=O) groups is 2. The molecular weight excluding hydrogens is 258 g/mol. The molecule has 114 valence electrons. The Hall–Kier alpha value is -1.30. The van der Waals surface area contributed by atoms with Crippen LogP contribution in [0.1, 0.15) is 32.6 Å². The van der Waals surface area contributed by atoms with Gasteiger partial charge in [-0.2, -0.15) is 0 Å². The van der Waals surface area contributed by atoms with Gasteiger partial charge in [0.2, 0.25) is 0 Å². The summed E-state index contributed by atoms with van der Waals surface area (Å²) in [4.78, 5) is 29.0. The first kappa shape index (κ1) is 15.1. The van der Waals surface area contributed by atoms with Crippen molar-refractivity contribution in [1.29, 1.82) is 0 Å². The van der Waals surface area contributed by atoms with Gasteiger partial charge in [0.25, 0.3) is 0 Å². The van der Waals surface area contributed by atoms with Crippen LogP contribution < -0.4 is 0 Å². The summed E-state index contributed by atoms with van der Waals surface area (Å²) in [7, 11) is 0. The molecule has 0 saturated carbocycles. The largest absolute Gasteiger partial charge is 0.480 e. The van der Waals surface area contributed by atoms with Gasteiger partial charge in [-0.05, 0) is 38.8 Å². The average Bonchev–Trinajstić information content (AvgIpc) is 3.07. The summed E-state index contributed by atoms with van der Waals surface area (Å²) in [6.07, 6.45) is 4.30. The second-order valence-corrected chi connectivity index (χ2v) is 5.73. The summed E-state index contributed by atoms with van der Waals surface area (Å²) < 4.78 is 0. The fraction of sp³-hybridized carbons (Fsp3) is 0.857. The van der Waals surface area contributed by atoms with Crippen molar-refractivity contribution in [2.24, 2.45) is 0 Å². The lowest BCUT2D eigenvalue weighted by Gasteiger charge is -2.28. The maximum Gasteiger partial charge on any atom is 0.323 e. The molecule has 2 aliphatic rings. The second kappa shape index (κ2) is 6.92. The van der Waals surface area contributed by atoms with Crippen molar-refractivity contribution in [1.82, 2.24) is 14.7 Å². The molecule has 0 aliphatic carbocycles. The van der Waals surface area contributed by atoms with E-state index in [1.165, 1.54) is 17.7 Å². The van der Waals surface area contributed by atoms with Gasteiger partial charge in [-0.1, -0.05) is 6.92 Å². The third kappa shape index (κ3) is 3.62. The van der Waals surface area contributed by atoms with Gasteiger partial charge in [-0.25, -0.2) is 4.79 Å². The van der Waals surface area contributed by atoms with Gasteiger partial charge in [0, 0.05) is 25.7 Å². The zero-order chi connectivity index (χ0) is 14.5. The average molecular weight is 283 g/mol. The van der Waals surface area contributed by atoms with Gasteiger partial charge in [-0.3, -0.25) is 9.69 Å². The molecule has 0 aromatic rings. The highest BCUT2D eigenvalue weighted by Crippen LogP contribution is 2.21. The van der Waals surface area contributed by atoms with Crippen molar-refractivity contribution in [2.45, 2.75) is 38.6 Å².